The van der Waals surface area contributed by atoms with E-state index in [-0.39, 0.29) is 5.82 Å². The molecule has 1 aromatic carbocycles. The second-order valence-corrected chi connectivity index (χ2v) is 2.56. The van der Waals surface area contributed by atoms with E-state index in [4.69, 9.17) is 0 Å². The lowest BCUT2D eigenvalue weighted by molar-refractivity contribution is 0.627. The summed E-state index contributed by atoms with van der Waals surface area (Å²) in [6.07, 6.45) is 3.02. The average molecular weight is 176 g/mol. The first-order valence-corrected chi connectivity index (χ1v) is 3.79. The minimum Gasteiger partial charge on any atom is -0.243 e. The Labute approximate surface area is 74.8 Å². The highest BCUT2D eigenvalue weighted by Crippen LogP contribution is 2.05. The van der Waals surface area contributed by atoms with Crippen LogP contribution in [0.2, 0.25) is 0 Å². The van der Waals surface area contributed by atoms with Crippen LogP contribution in [0, 0.1) is 12.4 Å². The van der Waals surface area contributed by atoms with Gasteiger partial charge in [0.15, 0.2) is 0 Å². The van der Waals surface area contributed by atoms with E-state index in [1.807, 2.05) is 0 Å². The number of benzene rings is 1. The Hall–Kier alpha value is -1.71. The second-order valence-electron chi connectivity index (χ2n) is 2.56. The molecular weight excluding hydrogens is 169 g/mol. The first-order valence-electron chi connectivity index (χ1n) is 3.79. The van der Waals surface area contributed by atoms with Crippen LogP contribution in [0.4, 0.5) is 4.39 Å². The molecule has 0 aliphatic carbocycles. The third kappa shape index (κ3) is 1.90. The fraction of sp³-hybridized carbons (Fsp3) is 0. The van der Waals surface area contributed by atoms with Crippen LogP contribution < -0.4 is 0 Å². The molecule has 13 heavy (non-hydrogen) atoms. The number of rotatable bonds is 2. The number of halogens is 1. The van der Waals surface area contributed by atoms with Crippen molar-refractivity contribution in [2.45, 2.75) is 0 Å². The number of nitrogens with zero attached hydrogens (tertiary/aromatic N) is 3. The molecule has 1 heterocycles. The van der Waals surface area contributed by atoms with E-state index < -0.39 is 0 Å². The number of aromatic nitrogens is 3. The SMILES string of the molecule is Fc1ccc([CH]n2cncn2)cc1. The second kappa shape index (κ2) is 3.35. The summed E-state index contributed by atoms with van der Waals surface area (Å²) >= 11 is 0. The minimum atomic E-state index is -0.240. The molecule has 0 aliphatic heterocycles. The van der Waals surface area contributed by atoms with Gasteiger partial charge in [-0.15, -0.1) is 0 Å². The maximum absolute atomic E-state index is 12.5. The molecule has 4 heteroatoms. The smallest absolute Gasteiger partial charge is 0.137 e. The van der Waals surface area contributed by atoms with E-state index in [2.05, 4.69) is 10.1 Å². The first-order chi connectivity index (χ1) is 6.34. The summed E-state index contributed by atoms with van der Waals surface area (Å²) in [5.41, 5.74) is 0.881. The Bertz CT molecular complexity index is 366. The summed E-state index contributed by atoms with van der Waals surface area (Å²) in [6, 6.07) is 6.17. The van der Waals surface area contributed by atoms with Crippen LogP contribution in [0.15, 0.2) is 36.9 Å². The van der Waals surface area contributed by atoms with E-state index in [0.717, 1.165) is 5.56 Å². The van der Waals surface area contributed by atoms with Gasteiger partial charge in [-0.1, -0.05) is 12.1 Å². The van der Waals surface area contributed by atoms with E-state index in [9.17, 15) is 4.39 Å². The zero-order valence-corrected chi connectivity index (χ0v) is 6.76. The number of hydrogen-bond donors (Lipinski definition) is 0. The Balaban J connectivity index is 2.15. The summed E-state index contributed by atoms with van der Waals surface area (Å²) in [5.74, 6) is -0.240. The maximum atomic E-state index is 12.5. The molecule has 0 saturated carbocycles. The summed E-state index contributed by atoms with van der Waals surface area (Å²) < 4.78 is 14.1. The van der Waals surface area contributed by atoms with Crippen LogP contribution in [0.1, 0.15) is 5.56 Å². The fourth-order valence-electron chi connectivity index (χ4n) is 0.986. The zero-order chi connectivity index (χ0) is 9.10. The third-order valence-corrected chi connectivity index (χ3v) is 1.59. The van der Waals surface area contributed by atoms with Gasteiger partial charge in [0.2, 0.25) is 0 Å². The lowest BCUT2D eigenvalue weighted by Gasteiger charge is -1.98. The molecule has 3 nitrogen and oxygen atoms in total. The van der Waals surface area contributed by atoms with Gasteiger partial charge in [-0.05, 0) is 17.7 Å². The van der Waals surface area contributed by atoms with E-state index in [0.29, 0.717) is 0 Å². The highest BCUT2D eigenvalue weighted by atomic mass is 19.1. The molecule has 0 amide bonds. The summed E-state index contributed by atoms with van der Waals surface area (Å²) in [6.45, 7) is 1.76. The van der Waals surface area contributed by atoms with Gasteiger partial charge in [0.05, 0.1) is 0 Å². The molecule has 1 aromatic heterocycles. The molecule has 0 aliphatic rings. The Morgan fingerprint density at radius 3 is 2.62 bits per heavy atom. The fourth-order valence-corrected chi connectivity index (χ4v) is 0.986. The lowest BCUT2D eigenvalue weighted by Crippen LogP contribution is -1.96. The van der Waals surface area contributed by atoms with Crippen molar-refractivity contribution in [3.63, 3.8) is 0 Å². The van der Waals surface area contributed by atoms with Gasteiger partial charge >= 0.3 is 0 Å². The maximum Gasteiger partial charge on any atom is 0.137 e. The van der Waals surface area contributed by atoms with Crippen molar-refractivity contribution in [1.29, 1.82) is 0 Å². The van der Waals surface area contributed by atoms with Crippen molar-refractivity contribution < 1.29 is 4.39 Å². The Morgan fingerprint density at radius 1 is 1.23 bits per heavy atom. The lowest BCUT2D eigenvalue weighted by atomic mass is 10.2. The molecule has 1 radical (unpaired) electrons. The Morgan fingerprint density at radius 2 is 2.00 bits per heavy atom. The van der Waals surface area contributed by atoms with Crippen molar-refractivity contribution >= 4 is 0 Å². The highest BCUT2D eigenvalue weighted by Gasteiger charge is 1.96. The molecule has 2 aromatic rings. The molecule has 2 rings (SSSR count). The molecule has 0 fully saturated rings. The van der Waals surface area contributed by atoms with Gasteiger partial charge < -0.3 is 0 Å². The van der Waals surface area contributed by atoms with E-state index in [1.165, 1.54) is 18.5 Å². The van der Waals surface area contributed by atoms with Gasteiger partial charge in [-0.2, -0.15) is 5.10 Å². The average Bonchev–Trinajstić information content (AvgIpc) is 2.62. The molecule has 0 saturated heterocycles. The normalized spacial score (nSPS) is 10.2. The van der Waals surface area contributed by atoms with Gasteiger partial charge in [0.25, 0.3) is 0 Å². The molecule has 0 N–H and O–H groups in total. The summed E-state index contributed by atoms with van der Waals surface area (Å²) in [5, 5.41) is 3.89. The highest BCUT2D eigenvalue weighted by molar-refractivity contribution is 5.22. The van der Waals surface area contributed by atoms with Crippen LogP contribution in [0.5, 0.6) is 0 Å². The van der Waals surface area contributed by atoms with Gasteiger partial charge in [-0.25, -0.2) is 14.1 Å². The van der Waals surface area contributed by atoms with Crippen LogP contribution in [-0.4, -0.2) is 14.8 Å². The zero-order valence-electron chi connectivity index (χ0n) is 6.76. The van der Waals surface area contributed by atoms with Crippen molar-refractivity contribution in [1.82, 2.24) is 14.8 Å². The quantitative estimate of drug-likeness (QED) is 0.693. The van der Waals surface area contributed by atoms with Crippen LogP contribution in [0.25, 0.3) is 0 Å². The van der Waals surface area contributed by atoms with Crippen molar-refractivity contribution in [2.75, 3.05) is 0 Å². The first kappa shape index (κ1) is 7.91. The topological polar surface area (TPSA) is 30.7 Å². The van der Waals surface area contributed by atoms with Crippen LogP contribution in [0.3, 0.4) is 0 Å². The monoisotopic (exact) mass is 176 g/mol. The minimum absolute atomic E-state index is 0.240. The summed E-state index contributed by atoms with van der Waals surface area (Å²) in [4.78, 5) is 3.78. The van der Waals surface area contributed by atoms with Gasteiger partial charge in [0.1, 0.15) is 25.0 Å². The molecule has 65 valence electrons. The van der Waals surface area contributed by atoms with Crippen molar-refractivity contribution in [3.05, 3.63) is 54.8 Å². The Kier molecular flexibility index (Phi) is 2.04. The van der Waals surface area contributed by atoms with Crippen molar-refractivity contribution in [3.8, 4) is 0 Å². The molecular formula is C9H7FN3. The van der Waals surface area contributed by atoms with Crippen LogP contribution >= 0.6 is 0 Å². The van der Waals surface area contributed by atoms with Gasteiger partial charge in [-0.3, -0.25) is 0 Å². The predicted octanol–water partition coefficient (Wildman–Crippen LogP) is 1.48. The van der Waals surface area contributed by atoms with E-state index in [1.54, 1.807) is 29.7 Å². The molecule has 0 bridgehead atoms. The number of hydrogen-bond acceptors (Lipinski definition) is 2. The third-order valence-electron chi connectivity index (χ3n) is 1.59. The molecule has 0 spiro atoms. The predicted molar refractivity (Wildman–Crippen MR) is 45.2 cm³/mol. The van der Waals surface area contributed by atoms with Crippen molar-refractivity contribution in [2.24, 2.45) is 0 Å². The molecule has 0 unspecified atom stereocenters. The standard InChI is InChI=1S/C9H7FN3/c10-9-3-1-8(2-4-9)5-13-7-11-6-12-13/h1-7H. The largest absolute Gasteiger partial charge is 0.243 e. The summed E-state index contributed by atoms with van der Waals surface area (Å²) in [7, 11) is 0. The van der Waals surface area contributed by atoms with Gasteiger partial charge in [0, 0.05) is 0 Å². The van der Waals surface area contributed by atoms with E-state index >= 15 is 0 Å². The van der Waals surface area contributed by atoms with Crippen LogP contribution in [-0.2, 0) is 0 Å². The molecule has 0 atom stereocenters.